The monoisotopic (exact) mass is 533 g/mol. The molecular formula is C23H21NNa2O11. The molecule has 14 heteroatoms. The second kappa shape index (κ2) is 16.6. The van der Waals surface area contributed by atoms with Crippen molar-refractivity contribution in [3.05, 3.63) is 58.2 Å². The van der Waals surface area contributed by atoms with Crippen LogP contribution in [0.1, 0.15) is 21.0 Å². The number of methoxy groups -OCH3 is 1. The number of pyridine rings is 1. The summed E-state index contributed by atoms with van der Waals surface area (Å²) in [4.78, 5) is 37.0. The number of benzene rings is 1. The zero-order chi connectivity index (χ0) is 25.2. The van der Waals surface area contributed by atoms with Crippen LogP contribution in [-0.4, -0.2) is 63.7 Å². The Kier molecular flexibility index (Phi) is 14.8. The number of aromatic carboxylic acids is 2. The molecule has 0 spiro atoms. The van der Waals surface area contributed by atoms with E-state index in [9.17, 15) is 24.6 Å². The normalized spacial score (nSPS) is 10.2. The fraction of sp³-hybridized carbons (Fsp3) is 0.304. The first-order valence-corrected chi connectivity index (χ1v) is 10.3. The Morgan fingerprint density at radius 3 is 1.95 bits per heavy atom. The molecule has 0 bridgehead atoms. The second-order valence-electron chi connectivity index (χ2n) is 6.86. The Bertz CT molecular complexity index is 1220. The Morgan fingerprint density at radius 1 is 0.811 bits per heavy atom. The van der Waals surface area contributed by atoms with Gasteiger partial charge in [-0.1, -0.05) is 0 Å². The molecule has 0 saturated heterocycles. The summed E-state index contributed by atoms with van der Waals surface area (Å²) in [5, 5.41) is 22.5. The van der Waals surface area contributed by atoms with Gasteiger partial charge in [-0.2, -0.15) is 0 Å². The number of carbonyl (C=O) groups excluding carboxylic acids is 2. The molecule has 0 radical (unpaired) electrons. The molecule has 0 aliphatic rings. The van der Waals surface area contributed by atoms with Gasteiger partial charge in [0.05, 0.1) is 68.3 Å². The average molecular weight is 533 g/mol. The van der Waals surface area contributed by atoms with Crippen LogP contribution in [0, 0.1) is 0 Å². The molecule has 37 heavy (non-hydrogen) atoms. The van der Waals surface area contributed by atoms with Gasteiger partial charge in [0.25, 0.3) is 0 Å². The van der Waals surface area contributed by atoms with Crippen LogP contribution in [0.15, 0.2) is 45.6 Å². The maximum absolute atomic E-state index is 11.7. The van der Waals surface area contributed by atoms with Crippen molar-refractivity contribution in [3.63, 3.8) is 0 Å². The van der Waals surface area contributed by atoms with Gasteiger partial charge in [0, 0.05) is 18.2 Å². The van der Waals surface area contributed by atoms with Crippen LogP contribution >= 0.6 is 0 Å². The van der Waals surface area contributed by atoms with Crippen molar-refractivity contribution in [1.82, 2.24) is 4.98 Å². The van der Waals surface area contributed by atoms with Crippen molar-refractivity contribution in [1.29, 1.82) is 0 Å². The predicted molar refractivity (Wildman–Crippen MR) is 115 cm³/mol. The third kappa shape index (κ3) is 10.3. The van der Waals surface area contributed by atoms with Crippen LogP contribution in [0.5, 0.6) is 17.2 Å². The number of aromatic nitrogens is 1. The van der Waals surface area contributed by atoms with Gasteiger partial charge in [0.2, 0.25) is 0 Å². The molecule has 0 saturated carbocycles. The Balaban J connectivity index is 0.00000342. The van der Waals surface area contributed by atoms with Crippen molar-refractivity contribution in [3.8, 4) is 17.2 Å². The third-order valence-corrected chi connectivity index (χ3v) is 4.48. The summed E-state index contributed by atoms with van der Waals surface area (Å²) in [5.74, 6) is -2.37. The van der Waals surface area contributed by atoms with Gasteiger partial charge in [0.15, 0.2) is 0 Å². The van der Waals surface area contributed by atoms with Gasteiger partial charge in [-0.3, -0.25) is 0 Å². The van der Waals surface area contributed by atoms with Crippen molar-refractivity contribution in [2.75, 3.05) is 46.8 Å². The number of nitrogens with zero attached hydrogens (tertiary/aromatic N) is 1. The van der Waals surface area contributed by atoms with Gasteiger partial charge in [-0.05, 0) is 12.1 Å². The third-order valence-electron chi connectivity index (χ3n) is 4.48. The molecule has 0 N–H and O–H groups in total. The van der Waals surface area contributed by atoms with E-state index in [4.69, 9.17) is 28.1 Å². The Morgan fingerprint density at radius 2 is 1.38 bits per heavy atom. The smallest absolute Gasteiger partial charge is 0.543 e. The molecule has 2 aromatic heterocycles. The van der Waals surface area contributed by atoms with E-state index in [1.54, 1.807) is 18.2 Å². The number of hydrogen-bond acceptors (Lipinski definition) is 12. The number of rotatable bonds is 14. The van der Waals surface area contributed by atoms with E-state index >= 15 is 0 Å². The van der Waals surface area contributed by atoms with Crippen LogP contribution in [-0.2, 0) is 9.47 Å². The summed E-state index contributed by atoms with van der Waals surface area (Å²) in [5.41, 5.74) is -1.36. The summed E-state index contributed by atoms with van der Waals surface area (Å²) in [7, 11) is 1.51. The first kappa shape index (κ1) is 32.9. The summed E-state index contributed by atoms with van der Waals surface area (Å²) in [6.45, 7) is 1.10. The maximum atomic E-state index is 11.7. The predicted octanol–water partition coefficient (Wildman–Crippen LogP) is -6.58. The molecule has 186 valence electrons. The van der Waals surface area contributed by atoms with Crippen molar-refractivity contribution >= 4 is 22.9 Å². The first-order valence-electron chi connectivity index (χ1n) is 10.3. The molecular weight excluding hydrogens is 512 g/mol. The molecule has 0 unspecified atom stereocenters. The van der Waals surface area contributed by atoms with Crippen LogP contribution < -0.4 is 89.2 Å². The average Bonchev–Trinajstić information content (AvgIpc) is 2.84. The van der Waals surface area contributed by atoms with Crippen molar-refractivity contribution < 1.29 is 107 Å². The molecule has 12 nitrogen and oxygen atoms in total. The van der Waals surface area contributed by atoms with Crippen LogP contribution in [0.3, 0.4) is 0 Å². The van der Waals surface area contributed by atoms with Gasteiger partial charge in [-0.15, -0.1) is 0 Å². The van der Waals surface area contributed by atoms with Crippen molar-refractivity contribution in [2.45, 2.75) is 0 Å². The zero-order valence-electron chi connectivity index (χ0n) is 20.6. The summed E-state index contributed by atoms with van der Waals surface area (Å²) in [6.07, 6.45) is 0. The van der Waals surface area contributed by atoms with E-state index in [1.807, 2.05) is 0 Å². The van der Waals surface area contributed by atoms with Gasteiger partial charge in [0.1, 0.15) is 36.0 Å². The van der Waals surface area contributed by atoms with Crippen LogP contribution in [0.25, 0.3) is 11.0 Å². The Hall–Kier alpha value is -2.16. The fourth-order valence-corrected chi connectivity index (χ4v) is 2.91. The fourth-order valence-electron chi connectivity index (χ4n) is 2.91. The van der Waals surface area contributed by atoms with E-state index in [-0.39, 0.29) is 105 Å². The number of carboxylic acid groups (broad SMARTS) is 2. The summed E-state index contributed by atoms with van der Waals surface area (Å²) in [6, 6.07) is 8.40. The van der Waals surface area contributed by atoms with Crippen LogP contribution in [0.4, 0.5) is 0 Å². The van der Waals surface area contributed by atoms with E-state index < -0.39 is 29.0 Å². The number of fused-ring (bicyclic) bond motifs is 1. The number of hydrogen-bond donors (Lipinski definition) is 0. The topological polar surface area (TPSA) is 170 Å². The van der Waals surface area contributed by atoms with E-state index in [0.717, 1.165) is 12.1 Å². The maximum Gasteiger partial charge on any atom is 1.00 e. The Labute approximate surface area is 255 Å². The van der Waals surface area contributed by atoms with Gasteiger partial charge >= 0.3 is 64.7 Å². The van der Waals surface area contributed by atoms with Gasteiger partial charge in [-0.25, -0.2) is 9.78 Å². The summed E-state index contributed by atoms with van der Waals surface area (Å²) < 4.78 is 32.0. The zero-order valence-corrected chi connectivity index (χ0v) is 24.6. The minimum Gasteiger partial charge on any atom is -0.543 e. The van der Waals surface area contributed by atoms with Crippen LogP contribution in [0.2, 0.25) is 0 Å². The quantitative estimate of drug-likeness (QED) is 0.109. The van der Waals surface area contributed by atoms with Gasteiger partial charge < -0.3 is 47.9 Å². The molecule has 0 atom stereocenters. The molecule has 0 fully saturated rings. The number of carbonyl (C=O) groups is 2. The van der Waals surface area contributed by atoms with E-state index in [2.05, 4.69) is 4.98 Å². The molecule has 0 aliphatic carbocycles. The summed E-state index contributed by atoms with van der Waals surface area (Å²) >= 11 is 0. The molecule has 0 aliphatic heterocycles. The second-order valence-corrected chi connectivity index (χ2v) is 6.86. The standard InChI is InChI=1S/C23H23NO11.2Na/c1-30-14-2-3-16-19(13-21(25)35-20(16)12-14)34-9-7-32-5-4-31-6-8-33-15-10-17(22(26)27)24-18(11-15)23(28)29;;/h2-3,10-13H,4-9H2,1H3,(H,26,27)(H,28,29);;/q;2*+1/p-2. The molecule has 2 heterocycles. The largest absolute Gasteiger partial charge is 1.00 e. The molecule has 1 aromatic carbocycles. The minimum atomic E-state index is -1.64. The molecule has 3 rings (SSSR count). The number of ether oxygens (including phenoxy) is 5. The number of carboxylic acids is 2. The molecule has 3 aromatic rings. The van der Waals surface area contributed by atoms with E-state index in [0.29, 0.717) is 22.5 Å². The minimum absolute atomic E-state index is 0. The SMILES string of the molecule is COc1ccc2c(OCCOCCOCCOc3cc(C(=O)[O-])nc(C(=O)[O-])c3)cc(=O)oc2c1.[Na+].[Na+]. The van der Waals surface area contributed by atoms with E-state index in [1.165, 1.54) is 13.2 Å². The first-order chi connectivity index (χ1) is 16.9. The van der Waals surface area contributed by atoms with Crippen molar-refractivity contribution in [2.24, 2.45) is 0 Å². The molecule has 0 amide bonds.